The number of carbonyl (C=O) groups is 2. The van der Waals surface area contributed by atoms with Crippen molar-refractivity contribution < 1.29 is 31.9 Å². The summed E-state index contributed by atoms with van der Waals surface area (Å²) in [5.41, 5.74) is -0.467. The fourth-order valence-corrected chi connectivity index (χ4v) is 7.26. The highest BCUT2D eigenvalue weighted by Crippen LogP contribution is 2.41. The van der Waals surface area contributed by atoms with Gasteiger partial charge in [0.25, 0.3) is 0 Å². The summed E-state index contributed by atoms with van der Waals surface area (Å²) in [6, 6.07) is 4.22. The Balaban J connectivity index is 1.88. The number of carbonyl (C=O) groups excluding carboxylic acids is 2. The number of thiazole rings is 1. The molecule has 3 rings (SSSR count). The van der Waals surface area contributed by atoms with Gasteiger partial charge in [-0.25, -0.2) is 27.7 Å². The molecular formula is C27H39FN4O6S2. The highest BCUT2D eigenvalue weighted by atomic mass is 32.2. The Morgan fingerprint density at radius 3 is 2.20 bits per heavy atom. The third kappa shape index (κ3) is 8.87. The summed E-state index contributed by atoms with van der Waals surface area (Å²) < 4.78 is 55.0. The number of ether oxygens (including phenoxy) is 2. The topological polar surface area (TPSA) is 136 Å². The van der Waals surface area contributed by atoms with Crippen LogP contribution in [0.5, 0.6) is 0 Å². The van der Waals surface area contributed by atoms with E-state index in [4.69, 9.17) is 9.47 Å². The number of sulfonamides is 1. The van der Waals surface area contributed by atoms with Crippen LogP contribution in [0.1, 0.15) is 85.1 Å². The molecule has 0 unspecified atom stereocenters. The summed E-state index contributed by atoms with van der Waals surface area (Å²) in [5, 5.41) is 5.97. The van der Waals surface area contributed by atoms with Gasteiger partial charge in [-0.3, -0.25) is 5.32 Å². The third-order valence-electron chi connectivity index (χ3n) is 5.89. The zero-order chi connectivity index (χ0) is 29.8. The standard InChI is InChI=1S/C27H39FN4O6S2/c1-15(2)37-25(33)29-18-10-8-17(9-11-18)24-31-23(28)22(39-24)20-13-12-19(30-26(34)38-16(3)4)14-21(20)40(35,36)32-27(5,6)7/h12-18,32H,8-11H2,1-7H3,(H,29,33)(H,30,34)/t17-,18-. The molecule has 1 aromatic carbocycles. The Kier molecular flexibility index (Phi) is 10.2. The van der Waals surface area contributed by atoms with E-state index in [9.17, 15) is 18.0 Å². The summed E-state index contributed by atoms with van der Waals surface area (Å²) >= 11 is 1.12. The van der Waals surface area contributed by atoms with Gasteiger partial charge in [0.05, 0.1) is 27.0 Å². The van der Waals surface area contributed by atoms with Gasteiger partial charge in [0, 0.05) is 28.7 Å². The van der Waals surface area contributed by atoms with Crippen molar-refractivity contribution in [2.24, 2.45) is 0 Å². The third-order valence-corrected chi connectivity index (χ3v) is 8.91. The minimum absolute atomic E-state index is 0.0214. The fourth-order valence-electron chi connectivity index (χ4n) is 4.39. The van der Waals surface area contributed by atoms with Crippen LogP contribution in [0.15, 0.2) is 23.1 Å². The number of hydrogen-bond donors (Lipinski definition) is 3. The van der Waals surface area contributed by atoms with Crippen LogP contribution in [0, 0.1) is 5.95 Å². The Labute approximate surface area is 239 Å². The number of nitrogens with one attached hydrogen (secondary N) is 3. The van der Waals surface area contributed by atoms with Crippen LogP contribution in [0.2, 0.25) is 0 Å². The molecule has 0 radical (unpaired) electrons. The van der Waals surface area contributed by atoms with Crippen molar-refractivity contribution in [1.82, 2.24) is 15.0 Å². The summed E-state index contributed by atoms with van der Waals surface area (Å²) in [6.07, 6.45) is 1.01. The first-order chi connectivity index (χ1) is 18.5. The van der Waals surface area contributed by atoms with E-state index in [2.05, 4.69) is 20.3 Å². The molecule has 1 aromatic heterocycles. The molecule has 1 aliphatic rings. The number of alkyl carbamates (subject to hydrolysis) is 1. The van der Waals surface area contributed by atoms with Gasteiger partial charge in [0.1, 0.15) is 0 Å². The predicted octanol–water partition coefficient (Wildman–Crippen LogP) is 6.14. The number of amides is 2. The van der Waals surface area contributed by atoms with Gasteiger partial charge < -0.3 is 14.8 Å². The van der Waals surface area contributed by atoms with Crippen LogP contribution in [0.4, 0.5) is 19.7 Å². The number of hydrogen-bond acceptors (Lipinski definition) is 8. The molecule has 222 valence electrons. The zero-order valence-corrected chi connectivity index (χ0v) is 25.6. The lowest BCUT2D eigenvalue weighted by atomic mass is 9.86. The fraction of sp³-hybridized carbons (Fsp3) is 0.593. The molecule has 10 nitrogen and oxygen atoms in total. The number of aromatic nitrogens is 1. The maximum absolute atomic E-state index is 15.3. The number of nitrogens with zero attached hydrogens (tertiary/aromatic N) is 1. The van der Waals surface area contributed by atoms with E-state index in [1.807, 2.05) is 0 Å². The van der Waals surface area contributed by atoms with E-state index in [-0.39, 0.29) is 45.2 Å². The first-order valence-corrected chi connectivity index (χ1v) is 15.6. The summed E-state index contributed by atoms with van der Waals surface area (Å²) in [7, 11) is -4.12. The number of rotatable bonds is 8. The molecule has 0 aliphatic heterocycles. The lowest BCUT2D eigenvalue weighted by molar-refractivity contribution is 0.109. The van der Waals surface area contributed by atoms with Crippen LogP contribution >= 0.6 is 11.3 Å². The van der Waals surface area contributed by atoms with Crippen molar-refractivity contribution in [3.63, 3.8) is 0 Å². The molecule has 13 heteroatoms. The second-order valence-corrected chi connectivity index (χ2v) is 14.1. The van der Waals surface area contributed by atoms with Crippen LogP contribution in [0.25, 0.3) is 10.4 Å². The molecule has 40 heavy (non-hydrogen) atoms. The minimum Gasteiger partial charge on any atom is -0.447 e. The highest BCUT2D eigenvalue weighted by Gasteiger charge is 2.31. The van der Waals surface area contributed by atoms with Crippen molar-refractivity contribution in [3.05, 3.63) is 29.2 Å². The Morgan fingerprint density at radius 2 is 1.62 bits per heavy atom. The molecule has 0 atom stereocenters. The Bertz CT molecular complexity index is 1310. The van der Waals surface area contributed by atoms with Gasteiger partial charge in [0.15, 0.2) is 0 Å². The molecule has 3 N–H and O–H groups in total. The van der Waals surface area contributed by atoms with Gasteiger partial charge in [0.2, 0.25) is 16.0 Å². The summed E-state index contributed by atoms with van der Waals surface area (Å²) in [4.78, 5) is 28.1. The van der Waals surface area contributed by atoms with E-state index >= 15 is 4.39 Å². The van der Waals surface area contributed by atoms with Gasteiger partial charge in [-0.15, -0.1) is 11.3 Å². The van der Waals surface area contributed by atoms with Crippen LogP contribution in [-0.4, -0.2) is 49.4 Å². The van der Waals surface area contributed by atoms with Crippen molar-refractivity contribution in [1.29, 1.82) is 0 Å². The molecule has 0 bridgehead atoms. The molecule has 1 aliphatic carbocycles. The van der Waals surface area contributed by atoms with Gasteiger partial charge >= 0.3 is 12.2 Å². The smallest absolute Gasteiger partial charge is 0.411 e. The maximum Gasteiger partial charge on any atom is 0.411 e. The lowest BCUT2D eigenvalue weighted by Crippen LogP contribution is -2.40. The number of anilines is 1. The molecule has 1 saturated carbocycles. The Hall–Kier alpha value is -2.77. The van der Waals surface area contributed by atoms with Crippen LogP contribution < -0.4 is 15.4 Å². The first-order valence-electron chi connectivity index (χ1n) is 13.3. The van der Waals surface area contributed by atoms with E-state index in [0.717, 1.165) is 11.3 Å². The minimum atomic E-state index is -4.12. The average molecular weight is 599 g/mol. The molecular weight excluding hydrogens is 559 g/mol. The monoisotopic (exact) mass is 598 g/mol. The van der Waals surface area contributed by atoms with E-state index in [0.29, 0.717) is 30.7 Å². The Morgan fingerprint density at radius 1 is 1.02 bits per heavy atom. The van der Waals surface area contributed by atoms with Crippen molar-refractivity contribution in [2.45, 2.75) is 109 Å². The molecule has 1 heterocycles. The highest BCUT2D eigenvalue weighted by molar-refractivity contribution is 7.89. The molecule has 0 saturated heterocycles. The summed E-state index contributed by atoms with van der Waals surface area (Å²) in [6.45, 7) is 12.1. The number of benzene rings is 1. The average Bonchev–Trinajstić information content (AvgIpc) is 3.18. The van der Waals surface area contributed by atoms with Crippen LogP contribution in [-0.2, 0) is 19.5 Å². The van der Waals surface area contributed by atoms with Crippen LogP contribution in [0.3, 0.4) is 0 Å². The van der Waals surface area contributed by atoms with E-state index in [1.165, 1.54) is 18.2 Å². The van der Waals surface area contributed by atoms with Gasteiger partial charge in [-0.05, 0) is 92.3 Å². The molecule has 2 amide bonds. The second-order valence-electron chi connectivity index (χ2n) is 11.5. The predicted molar refractivity (Wildman–Crippen MR) is 153 cm³/mol. The van der Waals surface area contributed by atoms with Crippen molar-refractivity contribution in [3.8, 4) is 10.4 Å². The normalized spacial score (nSPS) is 18.1. The van der Waals surface area contributed by atoms with Crippen molar-refractivity contribution in [2.75, 3.05) is 5.32 Å². The maximum atomic E-state index is 15.3. The van der Waals surface area contributed by atoms with E-state index in [1.54, 1.807) is 48.5 Å². The van der Waals surface area contributed by atoms with Gasteiger partial charge in [-0.2, -0.15) is 4.39 Å². The van der Waals surface area contributed by atoms with E-state index < -0.39 is 33.7 Å². The zero-order valence-electron chi connectivity index (χ0n) is 24.0. The largest absolute Gasteiger partial charge is 0.447 e. The molecule has 1 fully saturated rings. The summed E-state index contributed by atoms with van der Waals surface area (Å²) in [5.74, 6) is -0.778. The quantitative estimate of drug-likeness (QED) is 0.332. The lowest BCUT2D eigenvalue weighted by Gasteiger charge is -2.27. The molecule has 2 aromatic rings. The first kappa shape index (κ1) is 31.8. The second kappa shape index (κ2) is 12.8. The van der Waals surface area contributed by atoms with Gasteiger partial charge in [-0.1, -0.05) is 0 Å². The SMILES string of the molecule is CC(C)OC(=O)Nc1ccc(-c2sc([C@H]3CC[C@H](NC(=O)OC(C)C)CC3)nc2F)c(S(=O)(=O)NC(C)(C)C)c1. The molecule has 0 spiro atoms. The van der Waals surface area contributed by atoms with Crippen molar-refractivity contribution >= 4 is 39.2 Å². The number of halogens is 1.